The number of allylic oxidation sites excluding steroid dienone is 3. The van der Waals surface area contributed by atoms with E-state index in [1.54, 1.807) is 0 Å². The van der Waals surface area contributed by atoms with Crippen molar-refractivity contribution in [3.05, 3.63) is 364 Å². The number of benzene rings is 12. The second-order valence-electron chi connectivity index (χ2n) is 22.7. The largest absolute Gasteiger partial charge is 0.310 e. The first-order valence-corrected chi connectivity index (χ1v) is 28.9. The Morgan fingerprint density at radius 3 is 1.23 bits per heavy atom. The van der Waals surface area contributed by atoms with Gasteiger partial charge in [-0.25, -0.2) is 0 Å². The number of aryl methyl sites for hydroxylation is 2. The zero-order chi connectivity index (χ0) is 54.5. The van der Waals surface area contributed by atoms with E-state index in [4.69, 9.17) is 0 Å². The smallest absolute Gasteiger partial charge is 0.0714 e. The van der Waals surface area contributed by atoms with E-state index in [0.717, 1.165) is 35.6 Å². The van der Waals surface area contributed by atoms with Crippen molar-refractivity contribution in [1.82, 2.24) is 0 Å². The fourth-order valence-corrected chi connectivity index (χ4v) is 15.1. The molecule has 4 aliphatic carbocycles. The van der Waals surface area contributed by atoms with Crippen LogP contribution in [0.5, 0.6) is 0 Å². The molecule has 0 amide bonds. The molecule has 12 aromatic rings. The Hall–Kier alpha value is -10.0. The van der Waals surface area contributed by atoms with Crippen molar-refractivity contribution >= 4 is 50.5 Å². The van der Waals surface area contributed by atoms with Gasteiger partial charge in [0, 0.05) is 28.3 Å². The minimum Gasteiger partial charge on any atom is -0.310 e. The number of rotatable bonds is 10. The van der Waals surface area contributed by atoms with E-state index < -0.39 is 10.8 Å². The Bertz CT molecular complexity index is 4530. The molecule has 0 radical (unpaired) electrons. The van der Waals surface area contributed by atoms with Crippen LogP contribution >= 0.6 is 0 Å². The van der Waals surface area contributed by atoms with Gasteiger partial charge in [-0.15, -0.1) is 0 Å². The molecule has 12 aromatic carbocycles. The van der Waals surface area contributed by atoms with Crippen LogP contribution in [0.3, 0.4) is 0 Å². The molecule has 16 rings (SSSR count). The lowest BCUT2D eigenvalue weighted by Crippen LogP contribution is -2.29. The van der Waals surface area contributed by atoms with E-state index >= 15 is 0 Å². The maximum absolute atomic E-state index is 2.54. The fraction of sp³-hybridized carbons (Fsp3) is 0.0750. The van der Waals surface area contributed by atoms with Crippen LogP contribution in [-0.2, 0) is 17.3 Å². The van der Waals surface area contributed by atoms with Gasteiger partial charge in [0.2, 0.25) is 0 Å². The normalized spacial score (nSPS) is 14.5. The van der Waals surface area contributed by atoms with Crippen molar-refractivity contribution in [2.75, 3.05) is 9.80 Å². The second-order valence-corrected chi connectivity index (χ2v) is 22.7. The summed E-state index contributed by atoms with van der Waals surface area (Å²) in [5.41, 5.74) is 29.0. The summed E-state index contributed by atoms with van der Waals surface area (Å²) < 4.78 is 0. The highest BCUT2D eigenvalue weighted by atomic mass is 15.2. The molecule has 0 atom stereocenters. The average Bonchev–Trinajstić information content (AvgIpc) is 2.60. The summed E-state index contributed by atoms with van der Waals surface area (Å²) in [4.78, 5) is 5.09. The van der Waals surface area contributed by atoms with Crippen molar-refractivity contribution in [3.8, 4) is 22.3 Å². The summed E-state index contributed by atoms with van der Waals surface area (Å²) in [5, 5.41) is 2.60. The third-order valence-electron chi connectivity index (χ3n) is 18.3. The predicted molar refractivity (Wildman–Crippen MR) is 342 cm³/mol. The van der Waals surface area contributed by atoms with E-state index in [-0.39, 0.29) is 0 Å². The van der Waals surface area contributed by atoms with Crippen LogP contribution in [0.25, 0.3) is 44.3 Å². The van der Waals surface area contributed by atoms with Crippen LogP contribution in [0.1, 0.15) is 78.7 Å². The molecule has 0 fully saturated rings. The van der Waals surface area contributed by atoms with Crippen molar-refractivity contribution in [2.45, 2.75) is 37.5 Å². The molecule has 0 saturated carbocycles. The molecule has 0 spiro atoms. The van der Waals surface area contributed by atoms with Gasteiger partial charge in [-0.1, -0.05) is 237 Å². The highest BCUT2D eigenvalue weighted by molar-refractivity contribution is 6.09. The lowest BCUT2D eigenvalue weighted by Gasteiger charge is -2.37. The molecule has 0 N–H and O–H groups in total. The monoisotopic (exact) mass is 1050 g/mol. The Labute approximate surface area is 480 Å². The Morgan fingerprint density at radius 1 is 0.317 bits per heavy atom. The fourth-order valence-electron chi connectivity index (χ4n) is 15.1. The first kappa shape index (κ1) is 47.9. The summed E-state index contributed by atoms with van der Waals surface area (Å²) in [6.45, 7) is 4.42. The van der Waals surface area contributed by atoms with E-state index in [1.807, 2.05) is 0 Å². The van der Waals surface area contributed by atoms with Crippen LogP contribution in [0, 0.1) is 13.8 Å². The molecule has 0 aliphatic heterocycles. The summed E-state index contributed by atoms with van der Waals surface area (Å²) in [6.07, 6.45) is 6.67. The molecule has 2 nitrogen and oxygen atoms in total. The molecule has 0 heterocycles. The van der Waals surface area contributed by atoms with E-state index in [0.29, 0.717) is 0 Å². The van der Waals surface area contributed by atoms with E-state index in [2.05, 4.69) is 315 Å². The number of hydrogen-bond acceptors (Lipinski definition) is 2. The topological polar surface area (TPSA) is 6.48 Å². The quantitative estimate of drug-likeness (QED) is 0.135. The van der Waals surface area contributed by atoms with Gasteiger partial charge < -0.3 is 9.80 Å². The van der Waals surface area contributed by atoms with Crippen molar-refractivity contribution in [3.63, 3.8) is 0 Å². The van der Waals surface area contributed by atoms with Gasteiger partial charge in [0.25, 0.3) is 0 Å². The summed E-state index contributed by atoms with van der Waals surface area (Å²) in [5.74, 6) is 0. The Balaban J connectivity index is 0.886. The zero-order valence-corrected chi connectivity index (χ0v) is 46.0. The number of hydrogen-bond donors (Lipinski definition) is 0. The predicted octanol–water partition coefficient (Wildman–Crippen LogP) is 20.2. The maximum atomic E-state index is 2.54. The zero-order valence-electron chi connectivity index (χ0n) is 46.0. The molecule has 0 bridgehead atoms. The lowest BCUT2D eigenvalue weighted by atomic mass is 9.67. The van der Waals surface area contributed by atoms with Crippen molar-refractivity contribution in [2.24, 2.45) is 0 Å². The SMILES string of the molecule is Cc1cccc(N(C2=CCC3=CCc4c(N(c5cccc(C)c5)c5cccc(C6(c7ccccc7)c7ccccc7-c7ccccc76)c5)ccc5ccc2c3c45)c2cccc(C3(c4ccccc4)c4ccccc4-c4ccccc43)c2)c1. The Kier molecular flexibility index (Phi) is 11.0. The van der Waals surface area contributed by atoms with Crippen LogP contribution in [0.15, 0.2) is 291 Å². The molecule has 2 heteroatoms. The van der Waals surface area contributed by atoms with Gasteiger partial charge in [0.1, 0.15) is 0 Å². The lowest BCUT2D eigenvalue weighted by molar-refractivity contribution is 0.768. The third-order valence-corrected chi connectivity index (χ3v) is 18.3. The molecule has 0 saturated heterocycles. The highest BCUT2D eigenvalue weighted by Gasteiger charge is 2.48. The molecular formula is C80H58N2. The van der Waals surface area contributed by atoms with Gasteiger partial charge in [-0.2, -0.15) is 0 Å². The Morgan fingerprint density at radius 2 is 0.732 bits per heavy atom. The van der Waals surface area contributed by atoms with Gasteiger partial charge >= 0.3 is 0 Å². The summed E-state index contributed by atoms with van der Waals surface area (Å²) in [7, 11) is 0. The summed E-state index contributed by atoms with van der Waals surface area (Å²) >= 11 is 0. The van der Waals surface area contributed by atoms with E-state index in [1.165, 1.54) is 122 Å². The summed E-state index contributed by atoms with van der Waals surface area (Å²) in [6, 6.07) is 105. The highest BCUT2D eigenvalue weighted by Crippen LogP contribution is 2.59. The third kappa shape index (κ3) is 7.01. The average molecular weight is 1050 g/mol. The van der Waals surface area contributed by atoms with E-state index in [9.17, 15) is 0 Å². The standard InChI is InChI=1S/C80H58N2/c1-53-21-17-29-61(49-53)81(63-31-19-27-59(51-63)79(57-23-5-3-6-24-57)71-37-13-9-33-65(71)66-34-10-14-38-72(66)79)75-47-43-55-42-46-70-76(48-44-56-41-45-69(75)77(55)78(56)70)82(62-30-18-22-54(2)50-62)64-32-20-28-60(52-64)80(58-25-7-4-8-26-58)73-39-15-11-35-67(73)68-36-12-16-40-74(68)80/h3-43,46-52H,44-45H2,1-2H3. The van der Waals surface area contributed by atoms with Gasteiger partial charge in [0.05, 0.1) is 22.2 Å². The molecule has 0 unspecified atom stereocenters. The van der Waals surface area contributed by atoms with Gasteiger partial charge in [-0.3, -0.25) is 0 Å². The van der Waals surface area contributed by atoms with Gasteiger partial charge in [-0.05, 0) is 187 Å². The van der Waals surface area contributed by atoms with Crippen LogP contribution in [0.4, 0.5) is 28.4 Å². The number of nitrogens with zero attached hydrogens (tertiary/aromatic N) is 2. The van der Waals surface area contributed by atoms with Crippen LogP contribution < -0.4 is 9.80 Å². The van der Waals surface area contributed by atoms with Crippen LogP contribution in [0.2, 0.25) is 0 Å². The maximum Gasteiger partial charge on any atom is 0.0714 e. The molecular weight excluding hydrogens is 989 g/mol. The minimum atomic E-state index is -0.531. The number of anilines is 5. The molecule has 0 aromatic heterocycles. The first-order valence-electron chi connectivity index (χ1n) is 28.9. The first-order chi connectivity index (χ1) is 40.5. The molecule has 82 heavy (non-hydrogen) atoms. The van der Waals surface area contributed by atoms with Crippen molar-refractivity contribution in [1.29, 1.82) is 0 Å². The van der Waals surface area contributed by atoms with Crippen molar-refractivity contribution < 1.29 is 0 Å². The molecule has 388 valence electrons. The van der Waals surface area contributed by atoms with Gasteiger partial charge in [0.15, 0.2) is 0 Å². The van der Waals surface area contributed by atoms with Crippen LogP contribution in [-0.4, -0.2) is 0 Å². The number of fused-ring (bicyclic) bond motifs is 6. The second kappa shape index (κ2) is 18.8. The molecule has 4 aliphatic rings. The minimum absolute atomic E-state index is 0.531.